The fourth-order valence-electron chi connectivity index (χ4n) is 3.28. The summed E-state index contributed by atoms with van der Waals surface area (Å²) < 4.78 is 53.6. The highest BCUT2D eigenvalue weighted by atomic mass is 35.5. The number of nitrogens with one attached hydrogen (secondary N) is 1. The van der Waals surface area contributed by atoms with Gasteiger partial charge < -0.3 is 5.32 Å². The van der Waals surface area contributed by atoms with Crippen molar-refractivity contribution in [2.75, 3.05) is 0 Å². The third kappa shape index (κ3) is 5.83. The standard InChI is InChI=1S/C25H29ClF3N5O/c1-7-34-22(32-21(33-34)16-8-9-17(26)18(27)12-16)25(28,29)23(35)30-13-15-10-19(14(2)3)31-20(11-15)24(4,5)6/h8-12,14H,7,13H2,1-6H3,(H,30,35)/i14D. The molecule has 2 heterocycles. The molecule has 10 heteroatoms. The van der Waals surface area contributed by atoms with Crippen LogP contribution in [0.3, 0.4) is 0 Å². The van der Waals surface area contributed by atoms with Crippen LogP contribution in [0.2, 0.25) is 5.02 Å². The zero-order valence-electron chi connectivity index (χ0n) is 21.5. The highest BCUT2D eigenvalue weighted by Crippen LogP contribution is 2.30. The minimum absolute atomic E-state index is 0.0164. The number of hydrogen-bond donors (Lipinski definition) is 1. The first kappa shape index (κ1) is 25.2. The summed E-state index contributed by atoms with van der Waals surface area (Å²) in [5, 5.41) is 6.17. The molecule has 0 spiro atoms. The van der Waals surface area contributed by atoms with Crippen molar-refractivity contribution in [3.05, 3.63) is 63.9 Å². The fraction of sp³-hybridized carbons (Fsp3) is 0.440. The van der Waals surface area contributed by atoms with Gasteiger partial charge in [-0.05, 0) is 48.7 Å². The van der Waals surface area contributed by atoms with Crippen molar-refractivity contribution in [3.8, 4) is 11.4 Å². The van der Waals surface area contributed by atoms with Crippen LogP contribution in [-0.4, -0.2) is 25.7 Å². The lowest BCUT2D eigenvalue weighted by Crippen LogP contribution is -2.39. The smallest absolute Gasteiger partial charge is 0.346 e. The predicted molar refractivity (Wildman–Crippen MR) is 129 cm³/mol. The molecule has 35 heavy (non-hydrogen) atoms. The predicted octanol–water partition coefficient (Wildman–Crippen LogP) is 5.98. The molecule has 6 nitrogen and oxygen atoms in total. The number of rotatable bonds is 7. The summed E-state index contributed by atoms with van der Waals surface area (Å²) in [7, 11) is 0. The van der Waals surface area contributed by atoms with E-state index in [0.29, 0.717) is 17.0 Å². The van der Waals surface area contributed by atoms with Crippen LogP contribution in [0, 0.1) is 5.82 Å². The SMILES string of the molecule is [2H]C(C)(C)c1cc(CNC(=O)C(F)(F)c2nc(-c3ccc(Cl)c(F)c3)nn2CC)cc(C(C)(C)C)n1. The number of pyridine rings is 1. The van der Waals surface area contributed by atoms with Crippen LogP contribution < -0.4 is 5.32 Å². The van der Waals surface area contributed by atoms with Crippen LogP contribution in [0.15, 0.2) is 30.3 Å². The maximum atomic E-state index is 15.2. The summed E-state index contributed by atoms with van der Waals surface area (Å²) in [5.41, 5.74) is 1.50. The van der Waals surface area contributed by atoms with Crippen LogP contribution in [-0.2, 0) is 29.2 Å². The van der Waals surface area contributed by atoms with E-state index >= 15 is 8.78 Å². The molecule has 0 aliphatic carbocycles. The number of benzene rings is 1. The molecule has 3 aromatic rings. The Kier molecular flexibility index (Phi) is 7.17. The van der Waals surface area contributed by atoms with E-state index in [9.17, 15) is 9.18 Å². The molecule has 0 unspecified atom stereocenters. The minimum atomic E-state index is -4.01. The normalized spacial score (nSPS) is 13.0. The third-order valence-electron chi connectivity index (χ3n) is 5.33. The van der Waals surface area contributed by atoms with Crippen molar-refractivity contribution < 1.29 is 19.3 Å². The third-order valence-corrected chi connectivity index (χ3v) is 5.64. The van der Waals surface area contributed by atoms with Crippen LogP contribution >= 0.6 is 11.6 Å². The van der Waals surface area contributed by atoms with E-state index in [1.54, 1.807) is 32.9 Å². The minimum Gasteiger partial charge on any atom is -0.346 e. The van der Waals surface area contributed by atoms with E-state index in [1.807, 2.05) is 20.8 Å². The number of carbonyl (C=O) groups excluding carboxylic acids is 1. The number of amides is 1. The van der Waals surface area contributed by atoms with Gasteiger partial charge in [0.1, 0.15) is 5.82 Å². The first-order valence-electron chi connectivity index (χ1n) is 11.6. The second-order valence-electron chi connectivity index (χ2n) is 9.46. The summed E-state index contributed by atoms with van der Waals surface area (Å²) in [6.07, 6.45) is 0. The van der Waals surface area contributed by atoms with E-state index < -0.39 is 29.4 Å². The molecule has 0 aliphatic heterocycles. The van der Waals surface area contributed by atoms with Gasteiger partial charge >= 0.3 is 5.92 Å². The Bertz CT molecular complexity index is 1250. The number of halogens is 4. The van der Waals surface area contributed by atoms with Gasteiger partial charge in [-0.3, -0.25) is 9.78 Å². The first-order valence-corrected chi connectivity index (χ1v) is 11.5. The number of nitrogens with zero attached hydrogens (tertiary/aromatic N) is 4. The van der Waals surface area contributed by atoms with Crippen LogP contribution in [0.1, 0.15) is 71.6 Å². The molecule has 0 bridgehead atoms. The van der Waals surface area contributed by atoms with Crippen molar-refractivity contribution in [1.29, 1.82) is 0 Å². The summed E-state index contributed by atoms with van der Waals surface area (Å²) in [4.78, 5) is 21.1. The molecular formula is C25H29ClF3N5O. The van der Waals surface area contributed by atoms with Crippen molar-refractivity contribution in [1.82, 2.24) is 25.1 Å². The number of aryl methyl sites for hydroxylation is 1. The second kappa shape index (κ2) is 9.97. The summed E-state index contributed by atoms with van der Waals surface area (Å²) >= 11 is 5.69. The Morgan fingerprint density at radius 1 is 1.20 bits per heavy atom. The van der Waals surface area contributed by atoms with Gasteiger partial charge in [0.15, 0.2) is 5.82 Å². The highest BCUT2D eigenvalue weighted by Gasteiger charge is 2.46. The summed E-state index contributed by atoms with van der Waals surface area (Å²) in [6, 6.07) is 7.08. The molecule has 188 valence electrons. The molecule has 0 saturated heterocycles. The van der Waals surface area contributed by atoms with Gasteiger partial charge in [-0.2, -0.15) is 13.9 Å². The highest BCUT2D eigenvalue weighted by molar-refractivity contribution is 6.30. The van der Waals surface area contributed by atoms with Crippen molar-refractivity contribution >= 4 is 17.5 Å². The van der Waals surface area contributed by atoms with Crippen LogP contribution in [0.25, 0.3) is 11.4 Å². The maximum Gasteiger partial charge on any atom is 0.382 e. The Morgan fingerprint density at radius 3 is 2.46 bits per heavy atom. The molecule has 1 amide bonds. The quantitative estimate of drug-likeness (QED) is 0.426. The summed E-state index contributed by atoms with van der Waals surface area (Å²) in [5.74, 6) is -8.33. The van der Waals surface area contributed by atoms with Crippen LogP contribution in [0.4, 0.5) is 13.2 Å². The number of carbonyl (C=O) groups is 1. The maximum absolute atomic E-state index is 15.2. The molecule has 0 radical (unpaired) electrons. The van der Waals surface area contributed by atoms with Crippen molar-refractivity contribution in [3.63, 3.8) is 0 Å². The molecule has 0 fully saturated rings. The monoisotopic (exact) mass is 508 g/mol. The van der Waals surface area contributed by atoms with E-state index in [1.165, 1.54) is 12.1 Å². The molecule has 1 N–H and O–H groups in total. The zero-order valence-corrected chi connectivity index (χ0v) is 21.3. The Labute approximate surface area is 209 Å². The molecular weight excluding hydrogens is 479 g/mol. The van der Waals surface area contributed by atoms with Crippen LogP contribution in [0.5, 0.6) is 0 Å². The van der Waals surface area contributed by atoms with Crippen molar-refractivity contribution in [2.45, 2.75) is 71.9 Å². The van der Waals surface area contributed by atoms with Gasteiger partial charge in [-0.25, -0.2) is 14.1 Å². The van der Waals surface area contributed by atoms with Gasteiger partial charge in [0, 0.05) is 36.8 Å². The Hall–Kier alpha value is -2.94. The fourth-order valence-corrected chi connectivity index (χ4v) is 3.39. The molecule has 3 rings (SSSR count). The van der Waals surface area contributed by atoms with Gasteiger partial charge in [-0.1, -0.05) is 46.2 Å². The Morgan fingerprint density at radius 2 is 1.89 bits per heavy atom. The average molecular weight is 509 g/mol. The van der Waals surface area contributed by atoms with E-state index in [4.69, 9.17) is 13.0 Å². The zero-order chi connectivity index (χ0) is 27.1. The lowest BCUT2D eigenvalue weighted by Gasteiger charge is -2.21. The summed E-state index contributed by atoms with van der Waals surface area (Å²) in [6.45, 7) is 10.6. The van der Waals surface area contributed by atoms with Gasteiger partial charge in [0.05, 0.1) is 5.02 Å². The van der Waals surface area contributed by atoms with Crippen molar-refractivity contribution in [2.24, 2.45) is 0 Å². The van der Waals surface area contributed by atoms with E-state index in [2.05, 4.69) is 20.4 Å². The van der Waals surface area contributed by atoms with Gasteiger partial charge in [-0.15, -0.1) is 0 Å². The molecule has 0 atom stereocenters. The average Bonchev–Trinajstić information content (AvgIpc) is 3.23. The molecule has 2 aromatic heterocycles. The lowest BCUT2D eigenvalue weighted by atomic mass is 9.90. The number of aromatic nitrogens is 4. The van der Waals surface area contributed by atoms with Gasteiger partial charge in [0.2, 0.25) is 5.82 Å². The second-order valence-corrected chi connectivity index (χ2v) is 9.86. The Balaban J connectivity index is 1.89. The first-order chi connectivity index (χ1) is 16.5. The van der Waals surface area contributed by atoms with E-state index in [-0.39, 0.29) is 34.9 Å². The van der Waals surface area contributed by atoms with E-state index in [0.717, 1.165) is 10.7 Å². The lowest BCUT2D eigenvalue weighted by molar-refractivity contribution is -0.148. The molecule has 0 saturated carbocycles. The number of alkyl halides is 2. The van der Waals surface area contributed by atoms with Gasteiger partial charge in [0.25, 0.3) is 5.91 Å². The molecule has 0 aliphatic rings. The largest absolute Gasteiger partial charge is 0.382 e. The topological polar surface area (TPSA) is 72.7 Å². The number of hydrogen-bond acceptors (Lipinski definition) is 4. The molecule has 1 aromatic carbocycles.